The highest BCUT2D eigenvalue weighted by atomic mass is 16.2. The smallest absolute Gasteiger partial charge is 0.243 e. The summed E-state index contributed by atoms with van der Waals surface area (Å²) in [6, 6.07) is 2.68. The van der Waals surface area contributed by atoms with E-state index in [1.807, 2.05) is 11.9 Å². The third kappa shape index (κ3) is 1.81. The van der Waals surface area contributed by atoms with Crippen molar-refractivity contribution in [2.75, 3.05) is 7.05 Å². The highest BCUT2D eigenvalue weighted by Crippen LogP contribution is 2.40. The highest BCUT2D eigenvalue weighted by Gasteiger charge is 2.44. The van der Waals surface area contributed by atoms with Gasteiger partial charge in [-0.15, -0.1) is 0 Å². The molecule has 0 N–H and O–H groups in total. The summed E-state index contributed by atoms with van der Waals surface area (Å²) in [6.45, 7) is 0. The fraction of sp³-hybridized carbons (Fsp3) is 0.846. The van der Waals surface area contributed by atoms with Gasteiger partial charge in [-0.25, -0.2) is 0 Å². The minimum Gasteiger partial charge on any atom is -0.341 e. The topological polar surface area (TPSA) is 44.1 Å². The monoisotopic (exact) mass is 220 g/mol. The molecule has 2 aliphatic rings. The molecule has 0 aromatic rings. The second-order valence-electron chi connectivity index (χ2n) is 5.26. The molecule has 2 saturated carbocycles. The zero-order chi connectivity index (χ0) is 11.6. The maximum absolute atomic E-state index is 12.4. The van der Waals surface area contributed by atoms with E-state index in [4.69, 9.17) is 0 Å². The maximum Gasteiger partial charge on any atom is 0.243 e. The summed E-state index contributed by atoms with van der Waals surface area (Å²) in [5.41, 5.74) is -0.683. The molecule has 3 heteroatoms. The summed E-state index contributed by atoms with van der Waals surface area (Å²) in [5.74, 6) is 0.0828. The van der Waals surface area contributed by atoms with Crippen LogP contribution in [0.3, 0.4) is 0 Å². The average Bonchev–Trinajstić information content (AvgIpc) is 2.98. The van der Waals surface area contributed by atoms with Gasteiger partial charge < -0.3 is 4.90 Å². The van der Waals surface area contributed by atoms with Crippen LogP contribution < -0.4 is 0 Å². The lowest BCUT2D eigenvalue weighted by Gasteiger charge is -2.31. The van der Waals surface area contributed by atoms with E-state index in [1.54, 1.807) is 0 Å². The fourth-order valence-electron chi connectivity index (χ4n) is 3.15. The molecule has 2 aliphatic carbocycles. The Hall–Kier alpha value is -1.04. The quantitative estimate of drug-likeness (QED) is 0.717. The first-order valence-corrected chi connectivity index (χ1v) is 6.38. The third-order valence-corrected chi connectivity index (χ3v) is 4.27. The molecule has 0 radical (unpaired) electrons. The molecule has 0 atom stereocenters. The van der Waals surface area contributed by atoms with Gasteiger partial charge in [0.15, 0.2) is 0 Å². The van der Waals surface area contributed by atoms with Crippen LogP contribution >= 0.6 is 0 Å². The normalized spacial score (nSPS) is 24.2. The predicted octanol–water partition coefficient (Wildman–Crippen LogP) is 2.47. The zero-order valence-corrected chi connectivity index (χ0v) is 10.0. The van der Waals surface area contributed by atoms with Gasteiger partial charge in [-0.05, 0) is 25.7 Å². The number of carbonyl (C=O) groups is 1. The van der Waals surface area contributed by atoms with Gasteiger partial charge in [0.1, 0.15) is 5.41 Å². The minimum absolute atomic E-state index is 0.0828. The Bertz CT molecular complexity index is 306. The first-order valence-electron chi connectivity index (χ1n) is 6.38. The van der Waals surface area contributed by atoms with E-state index in [0.29, 0.717) is 6.04 Å². The number of carbonyl (C=O) groups excluding carboxylic acids is 1. The van der Waals surface area contributed by atoms with Gasteiger partial charge in [0.05, 0.1) is 6.07 Å². The van der Waals surface area contributed by atoms with Crippen LogP contribution in [0.15, 0.2) is 0 Å². The Kier molecular flexibility index (Phi) is 3.18. The lowest BCUT2D eigenvalue weighted by molar-refractivity contribution is -0.139. The van der Waals surface area contributed by atoms with Crippen molar-refractivity contribution in [3.8, 4) is 6.07 Å². The molecule has 2 fully saturated rings. The number of hydrogen-bond donors (Lipinski definition) is 0. The molecule has 0 saturated heterocycles. The number of rotatable bonds is 2. The van der Waals surface area contributed by atoms with Crippen molar-refractivity contribution in [1.29, 1.82) is 5.26 Å². The standard InChI is InChI=1S/C13H20N2O/c1-15(11-6-2-3-7-11)12(16)13(10-14)8-4-5-9-13/h11H,2-9H2,1H3. The molecule has 1 amide bonds. The van der Waals surface area contributed by atoms with Gasteiger partial charge in [0, 0.05) is 13.1 Å². The molecule has 0 bridgehead atoms. The van der Waals surface area contributed by atoms with Crippen LogP contribution in [-0.4, -0.2) is 23.9 Å². The van der Waals surface area contributed by atoms with Crippen molar-refractivity contribution in [2.24, 2.45) is 5.41 Å². The number of hydrogen-bond acceptors (Lipinski definition) is 2. The largest absolute Gasteiger partial charge is 0.341 e. The Morgan fingerprint density at radius 3 is 2.31 bits per heavy atom. The van der Waals surface area contributed by atoms with Gasteiger partial charge >= 0.3 is 0 Å². The molecule has 88 valence electrons. The van der Waals surface area contributed by atoms with Gasteiger partial charge in [-0.2, -0.15) is 5.26 Å². The Morgan fingerprint density at radius 2 is 1.81 bits per heavy atom. The number of nitriles is 1. The van der Waals surface area contributed by atoms with Crippen LogP contribution in [-0.2, 0) is 4.79 Å². The molecule has 0 unspecified atom stereocenters. The minimum atomic E-state index is -0.683. The van der Waals surface area contributed by atoms with Crippen molar-refractivity contribution in [1.82, 2.24) is 4.90 Å². The van der Waals surface area contributed by atoms with Crippen LogP contribution in [0, 0.1) is 16.7 Å². The van der Waals surface area contributed by atoms with Crippen molar-refractivity contribution in [2.45, 2.75) is 57.4 Å². The molecule has 3 nitrogen and oxygen atoms in total. The van der Waals surface area contributed by atoms with Crippen LogP contribution in [0.5, 0.6) is 0 Å². The van der Waals surface area contributed by atoms with E-state index >= 15 is 0 Å². The van der Waals surface area contributed by atoms with E-state index in [2.05, 4.69) is 6.07 Å². The van der Waals surface area contributed by atoms with Crippen LogP contribution in [0.2, 0.25) is 0 Å². The predicted molar refractivity (Wildman–Crippen MR) is 61.5 cm³/mol. The average molecular weight is 220 g/mol. The van der Waals surface area contributed by atoms with E-state index < -0.39 is 5.41 Å². The molecule has 0 aromatic carbocycles. The molecular formula is C13H20N2O. The van der Waals surface area contributed by atoms with E-state index in [9.17, 15) is 10.1 Å². The summed E-state index contributed by atoms with van der Waals surface area (Å²) in [6.07, 6.45) is 8.26. The van der Waals surface area contributed by atoms with Gasteiger partial charge in [0.25, 0.3) is 0 Å². The third-order valence-electron chi connectivity index (χ3n) is 4.27. The van der Waals surface area contributed by atoms with Gasteiger partial charge in [0.2, 0.25) is 5.91 Å². The van der Waals surface area contributed by atoms with Crippen LogP contribution in [0.25, 0.3) is 0 Å². The SMILES string of the molecule is CN(C(=O)C1(C#N)CCCC1)C1CCCC1. The lowest BCUT2D eigenvalue weighted by Crippen LogP contribution is -2.44. The summed E-state index contributed by atoms with van der Waals surface area (Å²) in [5, 5.41) is 9.28. The summed E-state index contributed by atoms with van der Waals surface area (Å²) < 4.78 is 0. The van der Waals surface area contributed by atoms with E-state index in [-0.39, 0.29) is 5.91 Å². The zero-order valence-electron chi connectivity index (χ0n) is 10.0. The number of nitrogens with zero attached hydrogens (tertiary/aromatic N) is 2. The molecular weight excluding hydrogens is 200 g/mol. The molecule has 0 aromatic heterocycles. The molecule has 0 spiro atoms. The summed E-state index contributed by atoms with van der Waals surface area (Å²) in [4.78, 5) is 14.3. The molecule has 2 rings (SSSR count). The van der Waals surface area contributed by atoms with Gasteiger partial charge in [-0.3, -0.25) is 4.79 Å². The second kappa shape index (κ2) is 4.45. The molecule has 0 heterocycles. The maximum atomic E-state index is 12.4. The number of amides is 1. The Labute approximate surface area is 97.4 Å². The Morgan fingerprint density at radius 1 is 1.25 bits per heavy atom. The summed E-state index contributed by atoms with van der Waals surface area (Å²) in [7, 11) is 1.88. The van der Waals surface area contributed by atoms with Crippen molar-refractivity contribution in [3.05, 3.63) is 0 Å². The molecule has 0 aliphatic heterocycles. The highest BCUT2D eigenvalue weighted by molar-refractivity contribution is 5.85. The Balaban J connectivity index is 2.08. The first-order chi connectivity index (χ1) is 7.69. The van der Waals surface area contributed by atoms with Crippen LogP contribution in [0.4, 0.5) is 0 Å². The van der Waals surface area contributed by atoms with Crippen molar-refractivity contribution < 1.29 is 4.79 Å². The van der Waals surface area contributed by atoms with Crippen LogP contribution in [0.1, 0.15) is 51.4 Å². The van der Waals surface area contributed by atoms with Crippen molar-refractivity contribution in [3.63, 3.8) is 0 Å². The fourth-order valence-corrected chi connectivity index (χ4v) is 3.15. The van der Waals surface area contributed by atoms with E-state index in [1.165, 1.54) is 12.8 Å². The lowest BCUT2D eigenvalue weighted by atomic mass is 9.86. The second-order valence-corrected chi connectivity index (χ2v) is 5.26. The van der Waals surface area contributed by atoms with Gasteiger partial charge in [-0.1, -0.05) is 25.7 Å². The summed E-state index contributed by atoms with van der Waals surface area (Å²) >= 11 is 0. The first kappa shape index (κ1) is 11.4. The molecule has 16 heavy (non-hydrogen) atoms. The van der Waals surface area contributed by atoms with Crippen molar-refractivity contribution >= 4 is 5.91 Å². The van der Waals surface area contributed by atoms with E-state index in [0.717, 1.165) is 38.5 Å².